The first-order chi connectivity index (χ1) is 8.38. The number of imidazole rings is 1. The first-order valence-electron chi connectivity index (χ1n) is 6.64. The maximum atomic E-state index is 9.38. The number of aryl methyl sites for hydroxylation is 1. The summed E-state index contributed by atoms with van der Waals surface area (Å²) in [5.41, 5.74) is 1.17. The molecule has 4 heteroatoms. The predicted molar refractivity (Wildman–Crippen MR) is 64.1 cm³/mol. The zero-order valence-corrected chi connectivity index (χ0v) is 10.1. The van der Waals surface area contributed by atoms with Crippen molar-refractivity contribution in [1.82, 2.24) is 9.55 Å². The summed E-state index contributed by atoms with van der Waals surface area (Å²) in [6.07, 6.45) is 6.70. The molecular weight excluding hydrogens is 216 g/mol. The summed E-state index contributed by atoms with van der Waals surface area (Å²) in [7, 11) is 0. The topological polar surface area (TPSA) is 47.3 Å². The van der Waals surface area contributed by atoms with Crippen molar-refractivity contribution in [1.29, 1.82) is 0 Å². The minimum absolute atomic E-state index is 0.220. The first kappa shape index (κ1) is 11.2. The highest BCUT2D eigenvalue weighted by molar-refractivity contribution is 5.14. The Morgan fingerprint density at radius 3 is 3.12 bits per heavy atom. The Balaban J connectivity index is 1.84. The molecule has 3 heterocycles. The van der Waals surface area contributed by atoms with Crippen molar-refractivity contribution in [3.63, 3.8) is 0 Å². The van der Waals surface area contributed by atoms with Crippen molar-refractivity contribution in [2.75, 3.05) is 19.8 Å². The van der Waals surface area contributed by atoms with E-state index in [2.05, 4.69) is 10.8 Å². The predicted octanol–water partition coefficient (Wildman–Crippen LogP) is 1.65. The molecule has 0 amide bonds. The molecule has 2 atom stereocenters. The second-order valence-corrected chi connectivity index (χ2v) is 5.15. The van der Waals surface area contributed by atoms with Crippen LogP contribution < -0.4 is 0 Å². The van der Waals surface area contributed by atoms with Gasteiger partial charge in [0.2, 0.25) is 0 Å². The van der Waals surface area contributed by atoms with Crippen LogP contribution in [0.15, 0.2) is 6.20 Å². The lowest BCUT2D eigenvalue weighted by molar-refractivity contribution is 0.0793. The van der Waals surface area contributed by atoms with Gasteiger partial charge in [0.25, 0.3) is 0 Å². The molecule has 2 aliphatic heterocycles. The molecule has 1 saturated heterocycles. The van der Waals surface area contributed by atoms with Crippen molar-refractivity contribution in [3.05, 3.63) is 17.7 Å². The van der Waals surface area contributed by atoms with Crippen molar-refractivity contribution in [2.45, 2.75) is 44.1 Å². The highest BCUT2D eigenvalue weighted by Crippen LogP contribution is 2.30. The summed E-state index contributed by atoms with van der Waals surface area (Å²) in [4.78, 5) is 4.75. The van der Waals surface area contributed by atoms with E-state index < -0.39 is 0 Å². The Kier molecular flexibility index (Phi) is 3.16. The fourth-order valence-electron chi connectivity index (χ4n) is 2.94. The van der Waals surface area contributed by atoms with Gasteiger partial charge in [-0.2, -0.15) is 0 Å². The minimum Gasteiger partial charge on any atom is -0.396 e. The van der Waals surface area contributed by atoms with Gasteiger partial charge in [0, 0.05) is 31.2 Å². The molecule has 17 heavy (non-hydrogen) atoms. The van der Waals surface area contributed by atoms with Crippen LogP contribution >= 0.6 is 0 Å². The van der Waals surface area contributed by atoms with Crippen LogP contribution in [0.2, 0.25) is 0 Å². The minimum atomic E-state index is 0.220. The molecule has 3 rings (SSSR count). The summed E-state index contributed by atoms with van der Waals surface area (Å²) in [5, 5.41) is 9.38. The monoisotopic (exact) mass is 236 g/mol. The number of hydrogen-bond acceptors (Lipinski definition) is 3. The number of hydrogen-bond donors (Lipinski definition) is 1. The SMILES string of the molecule is OCC1CCCn2cc(C3CCCOC3)nc21. The molecule has 0 aromatic carbocycles. The van der Waals surface area contributed by atoms with E-state index in [0.29, 0.717) is 5.92 Å². The summed E-state index contributed by atoms with van der Waals surface area (Å²) in [6.45, 7) is 2.97. The van der Waals surface area contributed by atoms with Gasteiger partial charge in [0.05, 0.1) is 18.9 Å². The van der Waals surface area contributed by atoms with Gasteiger partial charge in [0.1, 0.15) is 5.82 Å². The molecule has 94 valence electrons. The zero-order chi connectivity index (χ0) is 11.7. The van der Waals surface area contributed by atoms with Crippen LogP contribution in [0.5, 0.6) is 0 Å². The molecule has 0 aliphatic carbocycles. The van der Waals surface area contributed by atoms with E-state index in [1.54, 1.807) is 0 Å². The molecule has 0 saturated carbocycles. The highest BCUT2D eigenvalue weighted by atomic mass is 16.5. The molecule has 1 aromatic rings. The molecule has 1 fully saturated rings. The van der Waals surface area contributed by atoms with Crippen molar-refractivity contribution < 1.29 is 9.84 Å². The maximum absolute atomic E-state index is 9.38. The normalized spacial score (nSPS) is 29.0. The van der Waals surface area contributed by atoms with Gasteiger partial charge in [-0.1, -0.05) is 0 Å². The van der Waals surface area contributed by atoms with Crippen molar-refractivity contribution in [2.24, 2.45) is 0 Å². The number of aliphatic hydroxyl groups excluding tert-OH is 1. The third kappa shape index (κ3) is 2.11. The van der Waals surface area contributed by atoms with Crippen LogP contribution in [0.4, 0.5) is 0 Å². The number of nitrogens with zero attached hydrogens (tertiary/aromatic N) is 2. The van der Waals surface area contributed by atoms with Crippen LogP contribution in [-0.4, -0.2) is 34.5 Å². The van der Waals surface area contributed by atoms with Crippen LogP contribution in [0.3, 0.4) is 0 Å². The zero-order valence-electron chi connectivity index (χ0n) is 10.1. The lowest BCUT2D eigenvalue weighted by Gasteiger charge is -2.21. The van der Waals surface area contributed by atoms with Crippen LogP contribution in [0, 0.1) is 0 Å². The molecule has 0 bridgehead atoms. The summed E-state index contributed by atoms with van der Waals surface area (Å²) >= 11 is 0. The van der Waals surface area contributed by atoms with Crippen molar-refractivity contribution >= 4 is 0 Å². The van der Waals surface area contributed by atoms with Crippen LogP contribution in [0.1, 0.15) is 49.0 Å². The van der Waals surface area contributed by atoms with Gasteiger partial charge in [0.15, 0.2) is 0 Å². The lowest BCUT2D eigenvalue weighted by atomic mass is 9.99. The molecule has 4 nitrogen and oxygen atoms in total. The Hall–Kier alpha value is -0.870. The van der Waals surface area contributed by atoms with Crippen molar-refractivity contribution in [3.8, 4) is 0 Å². The van der Waals surface area contributed by atoms with Gasteiger partial charge < -0.3 is 14.4 Å². The Bertz CT molecular complexity index is 383. The molecule has 2 aliphatic rings. The largest absolute Gasteiger partial charge is 0.396 e. The quantitative estimate of drug-likeness (QED) is 0.849. The molecule has 2 unspecified atom stereocenters. The molecule has 0 spiro atoms. The number of fused-ring (bicyclic) bond motifs is 1. The van der Waals surface area contributed by atoms with Gasteiger partial charge in [-0.3, -0.25) is 0 Å². The fourth-order valence-corrected chi connectivity index (χ4v) is 2.94. The molecule has 1 aromatic heterocycles. The maximum Gasteiger partial charge on any atom is 0.114 e. The second kappa shape index (κ2) is 4.78. The van der Waals surface area contributed by atoms with E-state index in [-0.39, 0.29) is 12.5 Å². The van der Waals surface area contributed by atoms with Gasteiger partial charge in [-0.05, 0) is 25.7 Å². The van der Waals surface area contributed by atoms with E-state index >= 15 is 0 Å². The molecule has 1 N–H and O–H groups in total. The second-order valence-electron chi connectivity index (χ2n) is 5.15. The summed E-state index contributed by atoms with van der Waals surface area (Å²) in [5.74, 6) is 1.78. The number of aromatic nitrogens is 2. The standard InChI is InChI=1S/C13H20N2O2/c16-8-10-3-1-5-15-7-12(14-13(10)15)11-4-2-6-17-9-11/h7,10-11,16H,1-6,8-9H2. The molecular formula is C13H20N2O2. The Morgan fingerprint density at radius 1 is 1.41 bits per heavy atom. The third-order valence-electron chi connectivity index (χ3n) is 3.94. The van der Waals surface area contributed by atoms with E-state index in [1.807, 2.05) is 0 Å². The Labute approximate surface area is 102 Å². The number of aliphatic hydroxyl groups is 1. The van der Waals surface area contributed by atoms with Gasteiger partial charge in [-0.15, -0.1) is 0 Å². The average molecular weight is 236 g/mol. The average Bonchev–Trinajstić information content (AvgIpc) is 2.83. The van der Waals surface area contributed by atoms with E-state index in [9.17, 15) is 5.11 Å². The van der Waals surface area contributed by atoms with E-state index in [0.717, 1.165) is 44.8 Å². The number of ether oxygens (including phenoxy) is 1. The Morgan fingerprint density at radius 2 is 2.35 bits per heavy atom. The third-order valence-corrected chi connectivity index (χ3v) is 3.94. The van der Waals surface area contributed by atoms with Gasteiger partial charge in [-0.25, -0.2) is 4.98 Å². The van der Waals surface area contributed by atoms with E-state index in [4.69, 9.17) is 9.72 Å². The number of rotatable bonds is 2. The van der Waals surface area contributed by atoms with E-state index in [1.165, 1.54) is 12.1 Å². The summed E-state index contributed by atoms with van der Waals surface area (Å²) in [6, 6.07) is 0. The smallest absolute Gasteiger partial charge is 0.114 e. The van der Waals surface area contributed by atoms with Crippen LogP contribution in [-0.2, 0) is 11.3 Å². The first-order valence-corrected chi connectivity index (χ1v) is 6.64. The lowest BCUT2D eigenvalue weighted by Crippen LogP contribution is -2.18. The molecule has 0 radical (unpaired) electrons. The fraction of sp³-hybridized carbons (Fsp3) is 0.769. The van der Waals surface area contributed by atoms with Crippen LogP contribution in [0.25, 0.3) is 0 Å². The highest BCUT2D eigenvalue weighted by Gasteiger charge is 2.25. The van der Waals surface area contributed by atoms with Gasteiger partial charge >= 0.3 is 0 Å². The summed E-state index contributed by atoms with van der Waals surface area (Å²) < 4.78 is 7.75.